The predicted octanol–water partition coefficient (Wildman–Crippen LogP) is 2.80. The minimum absolute atomic E-state index is 0.00652. The van der Waals surface area contributed by atoms with Gasteiger partial charge in [0, 0.05) is 19.4 Å². The van der Waals surface area contributed by atoms with Gasteiger partial charge >= 0.3 is 0 Å². The molecular weight excluding hydrogens is 302 g/mol. The molecule has 2 heterocycles. The van der Waals surface area contributed by atoms with Crippen molar-refractivity contribution in [1.82, 2.24) is 24.8 Å². The first-order valence-corrected chi connectivity index (χ1v) is 8.28. The molecule has 6 nitrogen and oxygen atoms in total. The Morgan fingerprint density at radius 1 is 1.42 bits per heavy atom. The van der Waals surface area contributed by atoms with E-state index in [1.165, 1.54) is 0 Å². The van der Waals surface area contributed by atoms with Crippen molar-refractivity contribution in [2.75, 3.05) is 0 Å². The van der Waals surface area contributed by atoms with Gasteiger partial charge in [0.2, 0.25) is 5.91 Å². The molecule has 0 bridgehead atoms. The number of benzene rings is 1. The Hall–Kier alpha value is -2.63. The zero-order chi connectivity index (χ0) is 17.1. The first-order chi connectivity index (χ1) is 11.6. The standard InChI is InChI=1S/C18H23N5O/c1-4-5-15(18-19-8-9-23(18)3)22-17(24)11-13-6-7-14-16(10-13)21-12(2)20-14/h6-10,15H,4-5,11H2,1-3H3,(H,20,21)(H,22,24)/t15-/m1/s1. The zero-order valence-corrected chi connectivity index (χ0v) is 14.3. The number of aryl methyl sites for hydroxylation is 2. The number of nitrogens with zero attached hydrogens (tertiary/aromatic N) is 3. The van der Waals surface area contributed by atoms with Crippen molar-refractivity contribution < 1.29 is 4.79 Å². The Kier molecular flexibility index (Phi) is 4.64. The van der Waals surface area contributed by atoms with Gasteiger partial charge in [-0.25, -0.2) is 9.97 Å². The topological polar surface area (TPSA) is 75.6 Å². The smallest absolute Gasteiger partial charge is 0.225 e. The molecule has 0 aliphatic heterocycles. The van der Waals surface area contributed by atoms with E-state index < -0.39 is 0 Å². The van der Waals surface area contributed by atoms with Gasteiger partial charge < -0.3 is 14.9 Å². The van der Waals surface area contributed by atoms with Crippen LogP contribution in [0.2, 0.25) is 0 Å². The average Bonchev–Trinajstić information content (AvgIpc) is 3.11. The minimum Gasteiger partial charge on any atom is -0.346 e. The number of imidazole rings is 2. The number of hydrogen-bond acceptors (Lipinski definition) is 3. The van der Waals surface area contributed by atoms with Crippen LogP contribution in [-0.2, 0) is 18.3 Å². The molecule has 0 aliphatic rings. The lowest BCUT2D eigenvalue weighted by atomic mass is 10.1. The second-order valence-corrected chi connectivity index (χ2v) is 6.16. The van der Waals surface area contributed by atoms with Crippen molar-refractivity contribution in [2.45, 2.75) is 39.2 Å². The first kappa shape index (κ1) is 16.2. The molecule has 0 fully saturated rings. The Bertz CT molecular complexity index is 848. The fourth-order valence-electron chi connectivity index (χ4n) is 2.99. The second-order valence-electron chi connectivity index (χ2n) is 6.16. The number of aromatic amines is 1. The lowest BCUT2D eigenvalue weighted by Gasteiger charge is -2.18. The molecule has 126 valence electrons. The molecule has 2 N–H and O–H groups in total. The monoisotopic (exact) mass is 325 g/mol. The fourth-order valence-corrected chi connectivity index (χ4v) is 2.99. The van der Waals surface area contributed by atoms with Crippen LogP contribution < -0.4 is 5.32 Å². The summed E-state index contributed by atoms with van der Waals surface area (Å²) < 4.78 is 1.96. The van der Waals surface area contributed by atoms with Crippen LogP contribution in [0.4, 0.5) is 0 Å². The van der Waals surface area contributed by atoms with Crippen LogP contribution in [0.15, 0.2) is 30.6 Å². The molecule has 2 aromatic heterocycles. The lowest BCUT2D eigenvalue weighted by molar-refractivity contribution is -0.121. The summed E-state index contributed by atoms with van der Waals surface area (Å²) in [6.45, 7) is 4.03. The van der Waals surface area contributed by atoms with Gasteiger partial charge in [-0.1, -0.05) is 19.4 Å². The van der Waals surface area contributed by atoms with E-state index in [0.717, 1.165) is 41.1 Å². The average molecular weight is 325 g/mol. The number of aromatic nitrogens is 4. The highest BCUT2D eigenvalue weighted by Gasteiger charge is 2.18. The summed E-state index contributed by atoms with van der Waals surface area (Å²) in [7, 11) is 1.95. The van der Waals surface area contributed by atoms with Crippen LogP contribution in [0.5, 0.6) is 0 Å². The van der Waals surface area contributed by atoms with E-state index in [1.807, 2.05) is 42.9 Å². The summed E-state index contributed by atoms with van der Waals surface area (Å²) in [5, 5.41) is 3.11. The van der Waals surface area contributed by atoms with Gasteiger partial charge in [-0.3, -0.25) is 4.79 Å². The molecule has 0 saturated carbocycles. The maximum Gasteiger partial charge on any atom is 0.225 e. The Morgan fingerprint density at radius 3 is 2.96 bits per heavy atom. The van der Waals surface area contributed by atoms with Crippen molar-refractivity contribution in [3.8, 4) is 0 Å². The molecule has 0 saturated heterocycles. The van der Waals surface area contributed by atoms with Gasteiger partial charge in [0.05, 0.1) is 23.5 Å². The van der Waals surface area contributed by atoms with E-state index in [1.54, 1.807) is 6.20 Å². The SMILES string of the molecule is CCC[C@@H](NC(=O)Cc1ccc2nc(C)[nH]c2c1)c1nccn1C. The summed E-state index contributed by atoms with van der Waals surface area (Å²) in [5.74, 6) is 1.78. The highest BCUT2D eigenvalue weighted by molar-refractivity contribution is 5.82. The molecule has 3 aromatic rings. The highest BCUT2D eigenvalue weighted by Crippen LogP contribution is 2.17. The van der Waals surface area contributed by atoms with Crippen LogP contribution in [0.3, 0.4) is 0 Å². The predicted molar refractivity (Wildman–Crippen MR) is 93.5 cm³/mol. The van der Waals surface area contributed by atoms with Gasteiger partial charge in [-0.2, -0.15) is 0 Å². The fraction of sp³-hybridized carbons (Fsp3) is 0.389. The summed E-state index contributed by atoms with van der Waals surface area (Å²) in [6, 6.07) is 5.84. The van der Waals surface area contributed by atoms with Gasteiger partial charge in [0.15, 0.2) is 0 Å². The molecule has 0 radical (unpaired) electrons. The first-order valence-electron chi connectivity index (χ1n) is 8.28. The normalized spacial score (nSPS) is 12.5. The molecule has 24 heavy (non-hydrogen) atoms. The molecule has 0 unspecified atom stereocenters. The summed E-state index contributed by atoms with van der Waals surface area (Å²) in [6.07, 6.45) is 5.86. The maximum absolute atomic E-state index is 12.5. The van der Waals surface area contributed by atoms with Crippen molar-refractivity contribution in [1.29, 1.82) is 0 Å². The third-order valence-corrected chi connectivity index (χ3v) is 4.11. The van der Waals surface area contributed by atoms with Gasteiger partial charge in [0.25, 0.3) is 0 Å². The summed E-state index contributed by atoms with van der Waals surface area (Å²) in [4.78, 5) is 24.4. The number of carbonyl (C=O) groups excluding carboxylic acids is 1. The van der Waals surface area contributed by atoms with Crippen molar-refractivity contribution in [3.63, 3.8) is 0 Å². The molecule has 1 amide bonds. The van der Waals surface area contributed by atoms with Crippen LogP contribution in [0.25, 0.3) is 11.0 Å². The van der Waals surface area contributed by atoms with Crippen molar-refractivity contribution in [2.24, 2.45) is 7.05 Å². The Morgan fingerprint density at radius 2 is 2.25 bits per heavy atom. The van der Waals surface area contributed by atoms with Gasteiger partial charge in [0.1, 0.15) is 11.6 Å². The minimum atomic E-state index is -0.0550. The van der Waals surface area contributed by atoms with E-state index >= 15 is 0 Å². The number of hydrogen-bond donors (Lipinski definition) is 2. The van der Waals surface area contributed by atoms with Crippen LogP contribution >= 0.6 is 0 Å². The summed E-state index contributed by atoms with van der Waals surface area (Å²) in [5.41, 5.74) is 2.86. The van der Waals surface area contributed by atoms with Crippen molar-refractivity contribution >= 4 is 16.9 Å². The maximum atomic E-state index is 12.5. The zero-order valence-electron chi connectivity index (χ0n) is 14.3. The number of amides is 1. The van der Waals surface area contributed by atoms with E-state index in [9.17, 15) is 4.79 Å². The van der Waals surface area contributed by atoms with Gasteiger partial charge in [-0.05, 0) is 31.0 Å². The number of carbonyl (C=O) groups is 1. The number of fused-ring (bicyclic) bond motifs is 1. The molecule has 1 aromatic carbocycles. The number of nitrogens with one attached hydrogen (secondary N) is 2. The van der Waals surface area contributed by atoms with Crippen molar-refractivity contribution in [3.05, 3.63) is 47.8 Å². The highest BCUT2D eigenvalue weighted by atomic mass is 16.1. The molecule has 0 aliphatic carbocycles. The van der Waals surface area contributed by atoms with E-state index in [-0.39, 0.29) is 11.9 Å². The third kappa shape index (κ3) is 3.48. The molecule has 1 atom stereocenters. The van der Waals surface area contributed by atoms with Crippen LogP contribution in [0.1, 0.15) is 43.0 Å². The largest absolute Gasteiger partial charge is 0.346 e. The van der Waals surface area contributed by atoms with Crippen LogP contribution in [0, 0.1) is 6.92 Å². The third-order valence-electron chi connectivity index (χ3n) is 4.11. The second kappa shape index (κ2) is 6.86. The van der Waals surface area contributed by atoms with Gasteiger partial charge in [-0.15, -0.1) is 0 Å². The number of H-pyrrole nitrogens is 1. The lowest BCUT2D eigenvalue weighted by Crippen LogP contribution is -2.31. The molecule has 3 rings (SSSR count). The van der Waals surface area contributed by atoms with E-state index in [2.05, 4.69) is 27.2 Å². The Balaban J connectivity index is 1.71. The quantitative estimate of drug-likeness (QED) is 0.732. The number of rotatable bonds is 6. The summed E-state index contributed by atoms with van der Waals surface area (Å²) >= 11 is 0. The molecular formula is C18H23N5O. The van der Waals surface area contributed by atoms with Crippen LogP contribution in [-0.4, -0.2) is 25.4 Å². The van der Waals surface area contributed by atoms with E-state index in [4.69, 9.17) is 0 Å². The molecule has 0 spiro atoms. The molecule has 6 heteroatoms. The van der Waals surface area contributed by atoms with E-state index in [0.29, 0.717) is 6.42 Å². The Labute approximate surface area is 141 Å².